The van der Waals surface area contributed by atoms with E-state index in [1.165, 1.54) is 29.5 Å². The van der Waals surface area contributed by atoms with Crippen LogP contribution < -0.4 is 4.74 Å². The van der Waals surface area contributed by atoms with Gasteiger partial charge in [0, 0.05) is 12.1 Å². The minimum atomic E-state index is -0.456. The first-order valence-corrected chi connectivity index (χ1v) is 6.88. The van der Waals surface area contributed by atoms with Crippen molar-refractivity contribution in [2.45, 2.75) is 12.8 Å². The fourth-order valence-electron chi connectivity index (χ4n) is 1.39. The number of halogens is 2. The number of non-ortho nitro benzene ring substituents is 1. The van der Waals surface area contributed by atoms with Gasteiger partial charge in [0.1, 0.15) is 10.9 Å². The first kappa shape index (κ1) is 14.0. The van der Waals surface area contributed by atoms with Crippen LogP contribution in [0.15, 0.2) is 18.2 Å². The molecule has 0 N–H and O–H groups in total. The largest absolute Gasteiger partial charge is 0.431 e. The number of rotatable bonds is 4. The second kappa shape index (κ2) is 5.73. The van der Waals surface area contributed by atoms with Crippen molar-refractivity contribution >= 4 is 40.2 Å². The van der Waals surface area contributed by atoms with Crippen LogP contribution in [0.4, 0.5) is 5.69 Å². The standard InChI is InChI=1S/C11H8Cl2N2O3S/c1-6-4-7(15(16)17)2-3-8(6)18-11-14-10(13)9(5-12)19-11/h2-4H,5H2,1H3. The quantitative estimate of drug-likeness (QED) is 0.471. The summed E-state index contributed by atoms with van der Waals surface area (Å²) in [6.45, 7) is 1.72. The second-order valence-electron chi connectivity index (χ2n) is 3.64. The van der Waals surface area contributed by atoms with Crippen molar-refractivity contribution in [1.29, 1.82) is 0 Å². The molecule has 2 aromatic rings. The lowest BCUT2D eigenvalue weighted by Crippen LogP contribution is -1.91. The van der Waals surface area contributed by atoms with Crippen molar-refractivity contribution in [3.8, 4) is 10.9 Å². The number of alkyl halides is 1. The van der Waals surface area contributed by atoms with Crippen LogP contribution >= 0.6 is 34.5 Å². The van der Waals surface area contributed by atoms with E-state index in [2.05, 4.69) is 4.98 Å². The number of thiazole rings is 1. The minimum absolute atomic E-state index is 0.0171. The summed E-state index contributed by atoms with van der Waals surface area (Å²) >= 11 is 12.8. The molecule has 1 aromatic carbocycles. The highest BCUT2D eigenvalue weighted by Gasteiger charge is 2.13. The molecule has 0 fully saturated rings. The molecule has 0 saturated carbocycles. The first-order valence-electron chi connectivity index (χ1n) is 5.15. The number of ether oxygens (including phenoxy) is 1. The molecule has 0 atom stereocenters. The van der Waals surface area contributed by atoms with Gasteiger partial charge in [0.05, 0.1) is 15.7 Å². The summed E-state index contributed by atoms with van der Waals surface area (Å²) in [6.07, 6.45) is 0. The number of benzene rings is 1. The molecule has 0 radical (unpaired) electrons. The summed E-state index contributed by atoms with van der Waals surface area (Å²) in [4.78, 5) is 14.9. The predicted octanol–water partition coefficient (Wildman–Crippen LogP) is 4.54. The van der Waals surface area contributed by atoms with Crippen LogP contribution in [0, 0.1) is 17.0 Å². The van der Waals surface area contributed by atoms with Gasteiger partial charge in [0.15, 0.2) is 0 Å². The van der Waals surface area contributed by atoms with Gasteiger partial charge in [-0.3, -0.25) is 10.1 Å². The Morgan fingerprint density at radius 2 is 2.26 bits per heavy atom. The number of aryl methyl sites for hydroxylation is 1. The Bertz CT molecular complexity index is 630. The van der Waals surface area contributed by atoms with Crippen LogP contribution in [0.3, 0.4) is 0 Å². The lowest BCUT2D eigenvalue weighted by molar-refractivity contribution is -0.384. The van der Waals surface area contributed by atoms with Gasteiger partial charge >= 0.3 is 0 Å². The maximum absolute atomic E-state index is 10.6. The van der Waals surface area contributed by atoms with Crippen molar-refractivity contribution in [1.82, 2.24) is 4.98 Å². The molecule has 0 aliphatic carbocycles. The third kappa shape index (κ3) is 3.15. The van der Waals surface area contributed by atoms with Crippen LogP contribution in [-0.2, 0) is 5.88 Å². The summed E-state index contributed by atoms with van der Waals surface area (Å²) in [6, 6.07) is 4.34. The molecule has 0 bridgehead atoms. The molecule has 8 heteroatoms. The average molecular weight is 319 g/mol. The Kier molecular flexibility index (Phi) is 4.24. The van der Waals surface area contributed by atoms with Gasteiger partial charge in [-0.1, -0.05) is 22.9 Å². The Morgan fingerprint density at radius 3 is 2.79 bits per heavy atom. The van der Waals surface area contributed by atoms with Gasteiger partial charge in [-0.25, -0.2) is 0 Å². The van der Waals surface area contributed by atoms with E-state index in [1.54, 1.807) is 6.92 Å². The van der Waals surface area contributed by atoms with Crippen molar-refractivity contribution in [2.75, 3.05) is 0 Å². The highest BCUT2D eigenvalue weighted by Crippen LogP contribution is 2.34. The van der Waals surface area contributed by atoms with Crippen molar-refractivity contribution < 1.29 is 9.66 Å². The molecule has 0 spiro atoms. The third-order valence-electron chi connectivity index (χ3n) is 2.32. The number of nitro benzene ring substituents is 1. The minimum Gasteiger partial charge on any atom is -0.431 e. The molecular weight excluding hydrogens is 311 g/mol. The van der Waals surface area contributed by atoms with E-state index in [9.17, 15) is 10.1 Å². The Balaban J connectivity index is 2.25. The number of aromatic nitrogens is 1. The number of hydrogen-bond acceptors (Lipinski definition) is 5. The van der Waals surface area contributed by atoms with Crippen LogP contribution in [0.1, 0.15) is 10.4 Å². The SMILES string of the molecule is Cc1cc([N+](=O)[O-])ccc1Oc1nc(Cl)c(CCl)s1. The Morgan fingerprint density at radius 1 is 1.53 bits per heavy atom. The van der Waals surface area contributed by atoms with Crippen molar-refractivity contribution in [3.05, 3.63) is 43.9 Å². The smallest absolute Gasteiger partial charge is 0.280 e. The van der Waals surface area contributed by atoms with Crippen molar-refractivity contribution in [2.24, 2.45) is 0 Å². The van der Waals surface area contributed by atoms with Crippen LogP contribution in [0.5, 0.6) is 10.9 Å². The molecule has 19 heavy (non-hydrogen) atoms. The summed E-state index contributed by atoms with van der Waals surface area (Å²) in [7, 11) is 0. The molecule has 0 unspecified atom stereocenters. The molecule has 0 aliphatic heterocycles. The van der Waals surface area contributed by atoms with Gasteiger partial charge in [-0.15, -0.1) is 11.6 Å². The van der Waals surface area contributed by atoms with Gasteiger partial charge < -0.3 is 4.74 Å². The van der Waals surface area contributed by atoms with Gasteiger partial charge in [-0.05, 0) is 18.6 Å². The maximum atomic E-state index is 10.6. The van der Waals surface area contributed by atoms with Crippen molar-refractivity contribution in [3.63, 3.8) is 0 Å². The maximum Gasteiger partial charge on any atom is 0.280 e. The topological polar surface area (TPSA) is 65.3 Å². The normalized spacial score (nSPS) is 10.5. The fraction of sp³-hybridized carbons (Fsp3) is 0.182. The van der Waals surface area contributed by atoms with Gasteiger partial charge in [0.25, 0.3) is 10.9 Å². The first-order chi connectivity index (χ1) is 9.01. The zero-order chi connectivity index (χ0) is 14.0. The van der Waals surface area contributed by atoms with E-state index >= 15 is 0 Å². The number of hydrogen-bond donors (Lipinski definition) is 0. The molecule has 1 heterocycles. The van der Waals surface area contributed by atoms with Crippen LogP contribution in [0.25, 0.3) is 0 Å². The third-order valence-corrected chi connectivity index (χ3v) is 4.10. The zero-order valence-corrected chi connectivity index (χ0v) is 12.1. The van der Waals surface area contributed by atoms with Gasteiger partial charge in [0.2, 0.25) is 0 Å². The molecule has 2 rings (SSSR count). The van der Waals surface area contributed by atoms with Crippen LogP contribution in [-0.4, -0.2) is 9.91 Å². The molecule has 1 aromatic heterocycles. The van der Waals surface area contributed by atoms with E-state index in [4.69, 9.17) is 27.9 Å². The lowest BCUT2D eigenvalue weighted by Gasteiger charge is -2.04. The highest BCUT2D eigenvalue weighted by molar-refractivity contribution is 7.14. The zero-order valence-electron chi connectivity index (χ0n) is 9.72. The molecule has 0 saturated heterocycles. The summed E-state index contributed by atoms with van der Waals surface area (Å²) < 4.78 is 5.55. The monoisotopic (exact) mass is 318 g/mol. The summed E-state index contributed by atoms with van der Waals surface area (Å²) in [5.74, 6) is 0.760. The average Bonchev–Trinajstić information content (AvgIpc) is 2.72. The van der Waals surface area contributed by atoms with E-state index in [0.29, 0.717) is 21.7 Å². The predicted molar refractivity (Wildman–Crippen MR) is 74.6 cm³/mol. The van der Waals surface area contributed by atoms with E-state index in [0.717, 1.165) is 4.88 Å². The Hall–Kier alpha value is -1.37. The van der Waals surface area contributed by atoms with E-state index in [-0.39, 0.29) is 11.6 Å². The molecular formula is C11H8Cl2N2O3S. The molecule has 5 nitrogen and oxygen atoms in total. The summed E-state index contributed by atoms with van der Waals surface area (Å²) in [5, 5.41) is 11.3. The number of nitro groups is 1. The molecule has 0 aliphatic rings. The van der Waals surface area contributed by atoms with E-state index < -0.39 is 4.92 Å². The summed E-state index contributed by atoms with van der Waals surface area (Å²) in [5.41, 5.74) is 0.663. The number of nitrogens with zero attached hydrogens (tertiary/aromatic N) is 2. The molecule has 100 valence electrons. The van der Waals surface area contributed by atoms with Crippen LogP contribution in [0.2, 0.25) is 5.15 Å². The van der Waals surface area contributed by atoms with Gasteiger partial charge in [-0.2, -0.15) is 4.98 Å². The second-order valence-corrected chi connectivity index (χ2v) is 5.31. The fourth-order valence-corrected chi connectivity index (χ4v) is 2.73. The Labute approximate surface area is 122 Å². The highest BCUT2D eigenvalue weighted by atomic mass is 35.5. The van der Waals surface area contributed by atoms with E-state index in [1.807, 2.05) is 0 Å². The molecule has 0 amide bonds. The lowest BCUT2D eigenvalue weighted by atomic mass is 10.2.